The van der Waals surface area contributed by atoms with Gasteiger partial charge in [-0.1, -0.05) is 6.08 Å². The Morgan fingerprint density at radius 2 is 1.83 bits per heavy atom. The third-order valence-electron chi connectivity index (χ3n) is 7.07. The van der Waals surface area contributed by atoms with E-state index in [-0.39, 0.29) is 52.1 Å². The molecule has 5 rings (SSSR count). The summed E-state index contributed by atoms with van der Waals surface area (Å²) in [6.07, 6.45) is -2.56. The maximum atomic E-state index is 13.6. The molecule has 11 nitrogen and oxygen atoms in total. The van der Waals surface area contributed by atoms with Crippen molar-refractivity contribution in [2.24, 2.45) is 0 Å². The smallest absolute Gasteiger partial charge is 0.369 e. The molecule has 4 heterocycles. The standard InChI is InChI=1S/C28H32F3N9O2/c1-5-10-38-26(42)21-17-32-27(34-25(21)40(38)23-8-9-24(41)39(35-23)18(2)3)33-20-6-7-22(19(15-20)16-28(29,30)31)37-13-11-36(4)12-14-37/h5-9,15,17-18H,1,10-14,16H2,2-4H3,(H,32,33,34). The van der Waals surface area contributed by atoms with Crippen molar-refractivity contribution >= 4 is 28.4 Å². The van der Waals surface area contributed by atoms with Crippen LogP contribution in [-0.4, -0.2) is 73.4 Å². The summed E-state index contributed by atoms with van der Waals surface area (Å²) in [5.74, 6) is 0.361. The maximum absolute atomic E-state index is 13.6. The minimum absolute atomic E-state index is 0.0782. The summed E-state index contributed by atoms with van der Waals surface area (Å²) in [7, 11) is 1.99. The zero-order chi connectivity index (χ0) is 30.2. The summed E-state index contributed by atoms with van der Waals surface area (Å²) in [6, 6.07) is 7.46. The van der Waals surface area contributed by atoms with Gasteiger partial charge in [-0.15, -0.1) is 11.7 Å². The van der Waals surface area contributed by atoms with Crippen molar-refractivity contribution < 1.29 is 13.2 Å². The van der Waals surface area contributed by atoms with E-state index in [1.54, 1.807) is 18.2 Å². The molecule has 1 saturated heterocycles. The second-order valence-electron chi connectivity index (χ2n) is 10.5. The monoisotopic (exact) mass is 583 g/mol. The van der Waals surface area contributed by atoms with Crippen LogP contribution in [0.2, 0.25) is 0 Å². The number of benzene rings is 1. The van der Waals surface area contributed by atoms with Gasteiger partial charge in [0.1, 0.15) is 5.39 Å². The van der Waals surface area contributed by atoms with Gasteiger partial charge in [0.25, 0.3) is 11.1 Å². The molecule has 4 aromatic rings. The zero-order valence-electron chi connectivity index (χ0n) is 23.6. The van der Waals surface area contributed by atoms with Crippen LogP contribution in [0, 0.1) is 0 Å². The molecule has 0 atom stereocenters. The third-order valence-corrected chi connectivity index (χ3v) is 7.07. The van der Waals surface area contributed by atoms with Gasteiger partial charge in [-0.3, -0.25) is 9.59 Å². The fraction of sp³-hybridized carbons (Fsp3) is 0.393. The first-order valence-electron chi connectivity index (χ1n) is 13.5. The molecule has 1 aliphatic heterocycles. The summed E-state index contributed by atoms with van der Waals surface area (Å²) in [6.45, 7) is 10.3. The second kappa shape index (κ2) is 11.4. The SMILES string of the molecule is C=CCn1c(=O)c2cnc(Nc3ccc(N4CCN(C)CC4)c(CC(F)(F)F)c3)nc2n1-c1ccc(=O)n(C(C)C)n1. The van der Waals surface area contributed by atoms with E-state index in [0.717, 1.165) is 13.1 Å². The van der Waals surface area contributed by atoms with E-state index in [0.29, 0.717) is 24.5 Å². The molecule has 1 aliphatic rings. The fourth-order valence-electron chi connectivity index (χ4n) is 5.01. The second-order valence-corrected chi connectivity index (χ2v) is 10.5. The number of nitrogens with one attached hydrogen (secondary N) is 1. The molecule has 1 fully saturated rings. The number of anilines is 3. The summed E-state index contributed by atoms with van der Waals surface area (Å²) < 4.78 is 44.8. The van der Waals surface area contributed by atoms with Crippen molar-refractivity contribution in [1.29, 1.82) is 0 Å². The summed E-state index contributed by atoms with van der Waals surface area (Å²) >= 11 is 0. The Kier molecular flexibility index (Phi) is 7.91. The highest BCUT2D eigenvalue weighted by Crippen LogP contribution is 2.32. The van der Waals surface area contributed by atoms with E-state index in [4.69, 9.17) is 0 Å². The molecule has 3 aromatic heterocycles. The molecule has 0 amide bonds. The zero-order valence-corrected chi connectivity index (χ0v) is 23.6. The highest BCUT2D eigenvalue weighted by Gasteiger charge is 2.30. The Morgan fingerprint density at radius 1 is 1.10 bits per heavy atom. The first-order chi connectivity index (χ1) is 19.9. The van der Waals surface area contributed by atoms with Crippen molar-refractivity contribution in [3.63, 3.8) is 0 Å². The van der Waals surface area contributed by atoms with Crippen LogP contribution < -0.4 is 21.3 Å². The van der Waals surface area contributed by atoms with Crippen LogP contribution >= 0.6 is 0 Å². The van der Waals surface area contributed by atoms with Crippen LogP contribution in [-0.2, 0) is 13.0 Å². The molecule has 0 saturated carbocycles. The molecule has 14 heteroatoms. The Morgan fingerprint density at radius 3 is 2.50 bits per heavy atom. The number of alkyl halides is 3. The van der Waals surface area contributed by atoms with Crippen LogP contribution in [0.4, 0.5) is 30.5 Å². The largest absolute Gasteiger partial charge is 0.393 e. The summed E-state index contributed by atoms with van der Waals surface area (Å²) in [5, 5.41) is 7.65. The van der Waals surface area contributed by atoms with E-state index in [2.05, 4.69) is 31.9 Å². The number of fused-ring (bicyclic) bond motifs is 1. The summed E-state index contributed by atoms with van der Waals surface area (Å²) in [4.78, 5) is 38.5. The van der Waals surface area contributed by atoms with Gasteiger partial charge in [0.2, 0.25) is 5.95 Å². The van der Waals surface area contributed by atoms with Crippen molar-refractivity contribution in [2.45, 2.75) is 39.0 Å². The molecule has 42 heavy (non-hydrogen) atoms. The lowest BCUT2D eigenvalue weighted by molar-refractivity contribution is -0.127. The lowest BCUT2D eigenvalue weighted by Gasteiger charge is -2.35. The fourth-order valence-corrected chi connectivity index (χ4v) is 5.01. The minimum Gasteiger partial charge on any atom is -0.369 e. The molecule has 1 aromatic carbocycles. The predicted octanol–water partition coefficient (Wildman–Crippen LogP) is 3.51. The van der Waals surface area contributed by atoms with Crippen molar-refractivity contribution in [2.75, 3.05) is 43.4 Å². The van der Waals surface area contributed by atoms with Crippen LogP contribution in [0.25, 0.3) is 16.9 Å². The minimum atomic E-state index is -4.39. The first kappa shape index (κ1) is 29.0. The lowest BCUT2D eigenvalue weighted by atomic mass is 10.1. The van der Waals surface area contributed by atoms with Crippen molar-refractivity contribution in [3.05, 3.63) is 75.5 Å². The molecular weight excluding hydrogens is 551 g/mol. The molecule has 1 N–H and O–H groups in total. The van der Waals surface area contributed by atoms with E-state index in [1.165, 1.54) is 38.4 Å². The maximum Gasteiger partial charge on any atom is 0.393 e. The molecule has 222 valence electrons. The van der Waals surface area contributed by atoms with Crippen LogP contribution in [0.3, 0.4) is 0 Å². The van der Waals surface area contributed by atoms with Gasteiger partial charge < -0.3 is 15.1 Å². The number of nitrogens with zero attached hydrogens (tertiary/aromatic N) is 8. The number of hydrogen-bond donors (Lipinski definition) is 1. The topological polar surface area (TPSA) is 106 Å². The number of likely N-dealkylation sites (N-methyl/N-ethyl adjacent to an activating group) is 1. The van der Waals surface area contributed by atoms with Gasteiger partial charge in [0.15, 0.2) is 11.5 Å². The number of hydrogen-bond acceptors (Lipinski definition) is 8. The van der Waals surface area contributed by atoms with Crippen LogP contribution in [0.1, 0.15) is 25.5 Å². The van der Waals surface area contributed by atoms with Crippen molar-refractivity contribution in [3.8, 4) is 5.82 Å². The van der Waals surface area contributed by atoms with Gasteiger partial charge in [-0.25, -0.2) is 19.0 Å². The molecule has 0 bridgehead atoms. The Hall–Kier alpha value is -4.46. The average Bonchev–Trinajstić information content (AvgIpc) is 3.19. The van der Waals surface area contributed by atoms with E-state index in [1.807, 2.05) is 25.8 Å². The van der Waals surface area contributed by atoms with Crippen LogP contribution in [0.5, 0.6) is 0 Å². The molecular formula is C28H32F3N9O2. The number of halogens is 3. The highest BCUT2D eigenvalue weighted by atomic mass is 19.4. The molecule has 0 aliphatic carbocycles. The van der Waals surface area contributed by atoms with Crippen LogP contribution in [0.15, 0.2) is 58.8 Å². The van der Waals surface area contributed by atoms with Gasteiger partial charge in [-0.05, 0) is 50.7 Å². The van der Waals surface area contributed by atoms with Gasteiger partial charge in [-0.2, -0.15) is 18.2 Å². The molecule has 0 radical (unpaired) electrons. The Balaban J connectivity index is 1.56. The first-order valence-corrected chi connectivity index (χ1v) is 13.5. The number of allylic oxidation sites excluding steroid dienone is 1. The molecule has 0 spiro atoms. The van der Waals surface area contributed by atoms with Gasteiger partial charge in [0, 0.05) is 49.8 Å². The highest BCUT2D eigenvalue weighted by molar-refractivity contribution is 5.77. The number of rotatable bonds is 8. The van der Waals surface area contributed by atoms with E-state index >= 15 is 0 Å². The van der Waals surface area contributed by atoms with E-state index < -0.39 is 12.6 Å². The molecule has 0 unspecified atom stereocenters. The van der Waals surface area contributed by atoms with Gasteiger partial charge in [0.05, 0.1) is 19.0 Å². The average molecular weight is 584 g/mol. The summed E-state index contributed by atoms with van der Waals surface area (Å²) in [5.41, 5.74) is 0.596. The Labute approximate surface area is 239 Å². The van der Waals surface area contributed by atoms with Gasteiger partial charge >= 0.3 is 6.18 Å². The number of piperazine rings is 1. The van der Waals surface area contributed by atoms with Crippen molar-refractivity contribution in [1.82, 2.24) is 34.0 Å². The number of aromatic nitrogens is 6. The third kappa shape index (κ3) is 5.93. The van der Waals surface area contributed by atoms with E-state index in [9.17, 15) is 22.8 Å². The normalized spacial score (nSPS) is 14.6. The predicted molar refractivity (Wildman–Crippen MR) is 155 cm³/mol. The lowest BCUT2D eigenvalue weighted by Crippen LogP contribution is -2.45. The quantitative estimate of drug-likeness (QED) is 0.314. The Bertz CT molecular complexity index is 1730.